The van der Waals surface area contributed by atoms with Gasteiger partial charge in [0.1, 0.15) is 0 Å². The Bertz CT molecular complexity index is 2590. The Balaban J connectivity index is 1.20. The van der Waals surface area contributed by atoms with Gasteiger partial charge >= 0.3 is 0 Å². The lowest BCUT2D eigenvalue weighted by atomic mass is 10.0. The molecule has 3 heteroatoms. The molecule has 0 spiro atoms. The van der Waals surface area contributed by atoms with Gasteiger partial charge in [0.05, 0.1) is 27.8 Å². The topological polar surface area (TPSA) is 22.2 Å². The van der Waals surface area contributed by atoms with Crippen LogP contribution in [0.5, 0.6) is 0 Å². The van der Waals surface area contributed by atoms with E-state index in [0.717, 1.165) is 23.4 Å². The van der Waals surface area contributed by atoms with E-state index >= 15 is 0 Å². The van der Waals surface area contributed by atoms with Gasteiger partial charge in [0.2, 0.25) is 0 Å². The molecular weight excluding hydrogens is 571 g/mol. The van der Waals surface area contributed by atoms with Crippen LogP contribution in [0, 0.1) is 0 Å². The fourth-order valence-electron chi connectivity index (χ4n) is 7.02. The first kappa shape index (κ1) is 27.1. The molecule has 0 radical (unpaired) electrons. The highest BCUT2D eigenvalue weighted by molar-refractivity contribution is 6.12. The molecule has 0 fully saturated rings. The Labute approximate surface area is 273 Å². The zero-order valence-corrected chi connectivity index (χ0v) is 25.8. The summed E-state index contributed by atoms with van der Waals surface area (Å²) in [6, 6.07) is 48.4. The molecular formula is C44H31N3. The Morgan fingerprint density at radius 1 is 0.447 bits per heavy atom. The monoisotopic (exact) mass is 601 g/mol. The first-order valence-electron chi connectivity index (χ1n) is 16.1. The fraction of sp³-hybridized carbons (Fsp3) is 0.0227. The van der Waals surface area contributed by atoms with E-state index < -0.39 is 0 Å². The molecule has 1 aliphatic heterocycles. The maximum Gasteiger partial charge on any atom is 0.0719 e. The van der Waals surface area contributed by atoms with Crippen LogP contribution in [-0.2, 0) is 0 Å². The van der Waals surface area contributed by atoms with Crippen LogP contribution in [0.4, 0.5) is 5.69 Å². The van der Waals surface area contributed by atoms with Crippen molar-refractivity contribution in [2.24, 2.45) is 4.99 Å². The van der Waals surface area contributed by atoms with E-state index in [1.54, 1.807) is 0 Å². The highest BCUT2D eigenvalue weighted by Crippen LogP contribution is 2.39. The molecule has 1 aliphatic rings. The molecule has 0 saturated heterocycles. The standard InChI is InChI=1S/C44H31N3/c1-2-4-13-27-45-40-30-35(24-21-31(40)14-6-3-1)47-42-20-12-10-18-37(42)39-29-33(23-26-44(39)47)32-22-25-43-38(28-32)36-17-9-11-19-41(36)46(43)34-15-7-5-8-16-34/h1-12,14-30H,13H2/b3-1-,4-2-,14-6+,45-27?. The van der Waals surface area contributed by atoms with Gasteiger partial charge < -0.3 is 9.13 Å². The quantitative estimate of drug-likeness (QED) is 0.192. The molecule has 8 aromatic rings. The van der Waals surface area contributed by atoms with E-state index in [0.29, 0.717) is 0 Å². The summed E-state index contributed by atoms with van der Waals surface area (Å²) in [7, 11) is 0. The van der Waals surface area contributed by atoms with Gasteiger partial charge in [-0.2, -0.15) is 0 Å². The highest BCUT2D eigenvalue weighted by atomic mass is 15.0. The van der Waals surface area contributed by atoms with Crippen LogP contribution in [0.15, 0.2) is 169 Å². The Hall–Kier alpha value is -6.19. The third-order valence-corrected chi connectivity index (χ3v) is 9.18. The van der Waals surface area contributed by atoms with Crippen molar-refractivity contribution in [3.63, 3.8) is 0 Å². The summed E-state index contributed by atoms with van der Waals surface area (Å²) < 4.78 is 4.74. The lowest BCUT2D eigenvalue weighted by Gasteiger charge is -2.11. The Kier molecular flexibility index (Phi) is 6.53. The van der Waals surface area contributed by atoms with Crippen molar-refractivity contribution in [2.75, 3.05) is 0 Å². The average Bonchev–Trinajstić information content (AvgIpc) is 3.62. The Morgan fingerprint density at radius 2 is 1.04 bits per heavy atom. The molecule has 0 N–H and O–H groups in total. The molecule has 3 nitrogen and oxygen atoms in total. The first-order chi connectivity index (χ1) is 23.3. The van der Waals surface area contributed by atoms with Crippen LogP contribution < -0.4 is 0 Å². The van der Waals surface area contributed by atoms with Crippen molar-refractivity contribution in [1.29, 1.82) is 0 Å². The smallest absolute Gasteiger partial charge is 0.0719 e. The van der Waals surface area contributed by atoms with Crippen molar-refractivity contribution in [3.8, 4) is 22.5 Å². The normalized spacial score (nSPS) is 15.1. The molecule has 0 bridgehead atoms. The molecule has 47 heavy (non-hydrogen) atoms. The number of allylic oxidation sites excluding steroid dienone is 5. The van der Waals surface area contributed by atoms with E-state index in [-0.39, 0.29) is 0 Å². The number of hydrogen-bond donors (Lipinski definition) is 0. The predicted molar refractivity (Wildman–Crippen MR) is 201 cm³/mol. The van der Waals surface area contributed by atoms with Gasteiger partial charge in [0, 0.05) is 51.1 Å². The molecule has 6 aromatic carbocycles. The summed E-state index contributed by atoms with van der Waals surface area (Å²) >= 11 is 0. The van der Waals surface area contributed by atoms with E-state index in [9.17, 15) is 0 Å². The maximum absolute atomic E-state index is 4.87. The number of rotatable bonds is 3. The Morgan fingerprint density at radius 3 is 1.74 bits per heavy atom. The van der Waals surface area contributed by atoms with Crippen LogP contribution >= 0.6 is 0 Å². The minimum Gasteiger partial charge on any atom is -0.309 e. The molecule has 0 unspecified atom stereocenters. The maximum atomic E-state index is 4.87. The minimum absolute atomic E-state index is 0.796. The second-order valence-electron chi connectivity index (χ2n) is 12.0. The predicted octanol–water partition coefficient (Wildman–Crippen LogP) is 11.8. The molecule has 222 valence electrons. The van der Waals surface area contributed by atoms with Crippen LogP contribution in [0.1, 0.15) is 12.0 Å². The van der Waals surface area contributed by atoms with E-state index in [4.69, 9.17) is 4.99 Å². The molecule has 0 aliphatic carbocycles. The van der Waals surface area contributed by atoms with Crippen LogP contribution in [0.25, 0.3) is 72.2 Å². The van der Waals surface area contributed by atoms with Crippen molar-refractivity contribution < 1.29 is 0 Å². The van der Waals surface area contributed by atoms with Crippen molar-refractivity contribution in [1.82, 2.24) is 9.13 Å². The summed E-state index contributed by atoms with van der Waals surface area (Å²) in [5.41, 5.74) is 11.5. The second kappa shape index (κ2) is 11.3. The van der Waals surface area contributed by atoms with Gasteiger partial charge in [-0.1, -0.05) is 109 Å². The molecule has 0 amide bonds. The third kappa shape index (κ3) is 4.63. The van der Waals surface area contributed by atoms with Gasteiger partial charge in [0.15, 0.2) is 0 Å². The van der Waals surface area contributed by atoms with E-state index in [1.807, 2.05) is 6.21 Å². The number of benzene rings is 6. The lowest BCUT2D eigenvalue weighted by molar-refractivity contribution is 1.18. The number of hydrogen-bond acceptors (Lipinski definition) is 1. The van der Waals surface area contributed by atoms with E-state index in [2.05, 4.69) is 179 Å². The average molecular weight is 602 g/mol. The van der Waals surface area contributed by atoms with Crippen molar-refractivity contribution in [3.05, 3.63) is 169 Å². The largest absolute Gasteiger partial charge is 0.309 e. The first-order valence-corrected chi connectivity index (χ1v) is 16.1. The summed E-state index contributed by atoms with van der Waals surface area (Å²) in [6.07, 6.45) is 15.3. The lowest BCUT2D eigenvalue weighted by Crippen LogP contribution is -1.94. The van der Waals surface area contributed by atoms with Crippen LogP contribution in [-0.4, -0.2) is 15.3 Å². The highest BCUT2D eigenvalue weighted by Gasteiger charge is 2.16. The van der Waals surface area contributed by atoms with Crippen molar-refractivity contribution in [2.45, 2.75) is 6.42 Å². The number of fused-ring (bicyclic) bond motifs is 7. The zero-order valence-electron chi connectivity index (χ0n) is 25.8. The summed E-state index contributed by atoms with van der Waals surface area (Å²) in [5, 5.41) is 4.99. The molecule has 0 saturated carbocycles. The molecule has 9 rings (SSSR count). The van der Waals surface area contributed by atoms with E-state index in [1.165, 1.54) is 60.4 Å². The number of aliphatic imine (C=N–C) groups is 1. The van der Waals surface area contributed by atoms with Crippen molar-refractivity contribution >= 4 is 61.6 Å². The molecule has 3 heterocycles. The number of nitrogens with zero attached hydrogens (tertiary/aromatic N) is 3. The minimum atomic E-state index is 0.796. The van der Waals surface area contributed by atoms with Gasteiger partial charge in [-0.15, -0.1) is 0 Å². The van der Waals surface area contributed by atoms with Gasteiger partial charge in [-0.3, -0.25) is 4.99 Å². The molecule has 2 aromatic heterocycles. The van der Waals surface area contributed by atoms with Crippen LogP contribution in [0.3, 0.4) is 0 Å². The van der Waals surface area contributed by atoms with Gasteiger partial charge in [-0.05, 0) is 71.8 Å². The SMILES string of the molecule is C1=Nc2cc(-n3c4ccccc4c4cc(-c5ccc6c(c5)c5ccccc5n6-c5ccccc5)ccc43)ccc2/C=C/C=C\C=C/C1. The van der Waals surface area contributed by atoms with Crippen LogP contribution in [0.2, 0.25) is 0 Å². The zero-order chi connectivity index (χ0) is 31.2. The third-order valence-electron chi connectivity index (χ3n) is 9.18. The summed E-state index contributed by atoms with van der Waals surface area (Å²) in [4.78, 5) is 4.87. The summed E-state index contributed by atoms with van der Waals surface area (Å²) in [5.74, 6) is 0. The van der Waals surface area contributed by atoms with Gasteiger partial charge in [-0.25, -0.2) is 0 Å². The molecule has 0 atom stereocenters. The summed E-state index contributed by atoms with van der Waals surface area (Å²) in [6.45, 7) is 0. The fourth-order valence-corrected chi connectivity index (χ4v) is 7.02. The number of para-hydroxylation sites is 3. The van der Waals surface area contributed by atoms with Gasteiger partial charge in [0.25, 0.3) is 0 Å². The second-order valence-corrected chi connectivity index (χ2v) is 12.0. The number of aromatic nitrogens is 2.